The van der Waals surface area contributed by atoms with E-state index in [1.807, 2.05) is 0 Å². The summed E-state index contributed by atoms with van der Waals surface area (Å²) in [6, 6.07) is 0. The highest BCUT2D eigenvalue weighted by molar-refractivity contribution is 5.86. The highest BCUT2D eigenvalue weighted by atomic mass is 16.6. The van der Waals surface area contributed by atoms with Gasteiger partial charge in [0.25, 0.3) is 0 Å². The van der Waals surface area contributed by atoms with Crippen molar-refractivity contribution in [3.8, 4) is 0 Å². The van der Waals surface area contributed by atoms with E-state index in [1.165, 1.54) is 6.42 Å². The fraction of sp³-hybridized carbons (Fsp3) is 0.800. The summed E-state index contributed by atoms with van der Waals surface area (Å²) in [7, 11) is 0. The monoisotopic (exact) mass is 184 g/mol. The van der Waals surface area contributed by atoms with Crippen LogP contribution in [0.3, 0.4) is 0 Å². The third-order valence-corrected chi connectivity index (χ3v) is 2.44. The Hall–Kier alpha value is -0.860. The van der Waals surface area contributed by atoms with Gasteiger partial charge in [-0.3, -0.25) is 9.59 Å². The molecule has 0 heterocycles. The molecule has 0 aliphatic heterocycles. The second-order valence-corrected chi connectivity index (χ2v) is 3.48. The minimum absolute atomic E-state index is 0.0238. The van der Waals surface area contributed by atoms with E-state index in [0.717, 1.165) is 25.7 Å². The van der Waals surface area contributed by atoms with Gasteiger partial charge in [0.05, 0.1) is 5.92 Å². The SMILES string of the molecule is CCC(=O)OC(=O)C1CCCCC1. The molecule has 0 N–H and O–H groups in total. The first-order valence-corrected chi connectivity index (χ1v) is 4.98. The number of rotatable bonds is 2. The van der Waals surface area contributed by atoms with Crippen LogP contribution in [0.1, 0.15) is 45.4 Å². The molecular formula is C10H16O3. The van der Waals surface area contributed by atoms with Crippen LogP contribution < -0.4 is 0 Å². The van der Waals surface area contributed by atoms with Crippen molar-refractivity contribution in [2.45, 2.75) is 45.4 Å². The van der Waals surface area contributed by atoms with Gasteiger partial charge in [-0.05, 0) is 12.8 Å². The molecule has 1 aliphatic rings. The number of esters is 2. The molecule has 0 radical (unpaired) electrons. The van der Waals surface area contributed by atoms with Gasteiger partial charge in [0, 0.05) is 6.42 Å². The quantitative estimate of drug-likeness (QED) is 0.487. The van der Waals surface area contributed by atoms with Gasteiger partial charge in [0.15, 0.2) is 0 Å². The highest BCUT2D eigenvalue weighted by Gasteiger charge is 2.23. The molecule has 0 saturated heterocycles. The van der Waals surface area contributed by atoms with Crippen LogP contribution in [0.25, 0.3) is 0 Å². The van der Waals surface area contributed by atoms with Crippen molar-refractivity contribution in [2.24, 2.45) is 5.92 Å². The van der Waals surface area contributed by atoms with E-state index in [0.29, 0.717) is 0 Å². The minimum atomic E-state index is -0.407. The largest absolute Gasteiger partial charge is 0.393 e. The molecule has 0 amide bonds. The lowest BCUT2D eigenvalue weighted by Gasteiger charge is -2.18. The topological polar surface area (TPSA) is 43.4 Å². The maximum absolute atomic E-state index is 11.3. The molecule has 1 rings (SSSR count). The van der Waals surface area contributed by atoms with Crippen LogP contribution in [-0.2, 0) is 14.3 Å². The zero-order valence-corrected chi connectivity index (χ0v) is 8.04. The molecule has 0 aromatic heterocycles. The van der Waals surface area contributed by atoms with Crippen LogP contribution in [0, 0.1) is 5.92 Å². The molecule has 0 aromatic rings. The van der Waals surface area contributed by atoms with Crippen LogP contribution in [0.4, 0.5) is 0 Å². The van der Waals surface area contributed by atoms with Gasteiger partial charge in [-0.15, -0.1) is 0 Å². The van der Waals surface area contributed by atoms with Gasteiger partial charge in [0.1, 0.15) is 0 Å². The summed E-state index contributed by atoms with van der Waals surface area (Å²) < 4.78 is 4.66. The Morgan fingerprint density at radius 1 is 1.23 bits per heavy atom. The van der Waals surface area contributed by atoms with E-state index in [-0.39, 0.29) is 18.3 Å². The van der Waals surface area contributed by atoms with Gasteiger partial charge in [-0.1, -0.05) is 26.2 Å². The number of ether oxygens (including phenoxy) is 1. The molecular weight excluding hydrogens is 168 g/mol. The second kappa shape index (κ2) is 5.00. The Labute approximate surface area is 78.5 Å². The summed E-state index contributed by atoms with van der Waals surface area (Å²) >= 11 is 0. The van der Waals surface area contributed by atoms with Crippen molar-refractivity contribution >= 4 is 11.9 Å². The summed E-state index contributed by atoms with van der Waals surface area (Å²) in [4.78, 5) is 22.1. The second-order valence-electron chi connectivity index (χ2n) is 3.48. The van der Waals surface area contributed by atoms with Crippen molar-refractivity contribution in [1.29, 1.82) is 0 Å². The van der Waals surface area contributed by atoms with Crippen molar-refractivity contribution in [2.75, 3.05) is 0 Å². The zero-order chi connectivity index (χ0) is 9.68. The molecule has 0 aromatic carbocycles. The Balaban J connectivity index is 2.33. The van der Waals surface area contributed by atoms with E-state index >= 15 is 0 Å². The van der Waals surface area contributed by atoms with E-state index in [1.54, 1.807) is 6.92 Å². The van der Waals surface area contributed by atoms with Crippen LogP contribution in [0.2, 0.25) is 0 Å². The number of hydrogen-bond donors (Lipinski definition) is 0. The Morgan fingerprint density at radius 2 is 1.85 bits per heavy atom. The average Bonchev–Trinajstić information content (AvgIpc) is 2.19. The fourth-order valence-corrected chi connectivity index (χ4v) is 1.61. The Morgan fingerprint density at radius 3 is 2.38 bits per heavy atom. The normalized spacial score (nSPS) is 18.2. The molecule has 74 valence electrons. The fourth-order valence-electron chi connectivity index (χ4n) is 1.61. The third-order valence-electron chi connectivity index (χ3n) is 2.44. The third kappa shape index (κ3) is 3.17. The van der Waals surface area contributed by atoms with E-state index in [9.17, 15) is 9.59 Å². The van der Waals surface area contributed by atoms with Crippen molar-refractivity contribution in [3.63, 3.8) is 0 Å². The van der Waals surface area contributed by atoms with Crippen LogP contribution >= 0.6 is 0 Å². The molecule has 1 fully saturated rings. The molecule has 0 atom stereocenters. The minimum Gasteiger partial charge on any atom is -0.393 e. The number of carbonyl (C=O) groups is 2. The number of carbonyl (C=O) groups excluding carboxylic acids is 2. The lowest BCUT2D eigenvalue weighted by molar-refractivity contribution is -0.163. The Bertz CT molecular complexity index is 192. The van der Waals surface area contributed by atoms with Gasteiger partial charge >= 0.3 is 11.9 Å². The predicted octanol–water partition coefficient (Wildman–Crippen LogP) is 2.05. The standard InChI is InChI=1S/C10H16O3/c1-2-9(11)13-10(12)8-6-4-3-5-7-8/h8H,2-7H2,1H3. The molecule has 13 heavy (non-hydrogen) atoms. The summed E-state index contributed by atoms with van der Waals surface area (Å²) in [5.41, 5.74) is 0. The van der Waals surface area contributed by atoms with Crippen LogP contribution in [-0.4, -0.2) is 11.9 Å². The Kier molecular flexibility index (Phi) is 3.93. The lowest BCUT2D eigenvalue weighted by atomic mass is 9.89. The first-order valence-electron chi connectivity index (χ1n) is 4.98. The maximum Gasteiger partial charge on any atom is 0.316 e. The van der Waals surface area contributed by atoms with Crippen molar-refractivity contribution in [3.05, 3.63) is 0 Å². The molecule has 1 saturated carbocycles. The van der Waals surface area contributed by atoms with Crippen LogP contribution in [0.5, 0.6) is 0 Å². The molecule has 3 heteroatoms. The molecule has 0 unspecified atom stereocenters. The average molecular weight is 184 g/mol. The molecule has 0 bridgehead atoms. The van der Waals surface area contributed by atoms with Gasteiger partial charge in [0.2, 0.25) is 0 Å². The molecule has 1 aliphatic carbocycles. The predicted molar refractivity (Wildman–Crippen MR) is 48.0 cm³/mol. The first kappa shape index (κ1) is 10.2. The summed E-state index contributed by atoms with van der Waals surface area (Å²) in [6.07, 6.45) is 5.41. The molecule has 0 spiro atoms. The zero-order valence-electron chi connectivity index (χ0n) is 8.04. The van der Waals surface area contributed by atoms with Crippen molar-refractivity contribution in [1.82, 2.24) is 0 Å². The smallest absolute Gasteiger partial charge is 0.316 e. The summed E-state index contributed by atoms with van der Waals surface area (Å²) in [5.74, 6) is -0.744. The van der Waals surface area contributed by atoms with Gasteiger partial charge < -0.3 is 4.74 Å². The molecule has 3 nitrogen and oxygen atoms in total. The first-order chi connectivity index (χ1) is 6.24. The maximum atomic E-state index is 11.3. The van der Waals surface area contributed by atoms with E-state index in [4.69, 9.17) is 0 Å². The van der Waals surface area contributed by atoms with E-state index < -0.39 is 5.97 Å². The van der Waals surface area contributed by atoms with Crippen molar-refractivity contribution < 1.29 is 14.3 Å². The van der Waals surface area contributed by atoms with Gasteiger partial charge in [-0.2, -0.15) is 0 Å². The highest BCUT2D eigenvalue weighted by Crippen LogP contribution is 2.24. The number of hydrogen-bond acceptors (Lipinski definition) is 3. The summed E-state index contributed by atoms with van der Waals surface area (Å²) in [5, 5.41) is 0. The van der Waals surface area contributed by atoms with E-state index in [2.05, 4.69) is 4.74 Å². The van der Waals surface area contributed by atoms with Gasteiger partial charge in [-0.25, -0.2) is 0 Å². The lowest BCUT2D eigenvalue weighted by Crippen LogP contribution is -2.22. The summed E-state index contributed by atoms with van der Waals surface area (Å²) in [6.45, 7) is 1.69. The van der Waals surface area contributed by atoms with Crippen LogP contribution in [0.15, 0.2) is 0 Å².